The summed E-state index contributed by atoms with van der Waals surface area (Å²) in [5.41, 5.74) is 1.72. The second kappa shape index (κ2) is 5.08. The van der Waals surface area contributed by atoms with Gasteiger partial charge in [0.25, 0.3) is 0 Å². The molecule has 98 valence electrons. The van der Waals surface area contributed by atoms with Crippen LogP contribution in [0.5, 0.6) is 0 Å². The van der Waals surface area contributed by atoms with Gasteiger partial charge in [-0.15, -0.1) is 0 Å². The van der Waals surface area contributed by atoms with E-state index < -0.39 is 11.4 Å². The molecule has 4 nitrogen and oxygen atoms in total. The lowest BCUT2D eigenvalue weighted by atomic mass is 9.85. The summed E-state index contributed by atoms with van der Waals surface area (Å²) in [5.74, 6) is -0.760. The summed E-state index contributed by atoms with van der Waals surface area (Å²) in [6.07, 6.45) is 0. The SMILES string of the molecule is Cc1ccc(CN(C)CC2(C(=O)O)COC2)cc1. The van der Waals surface area contributed by atoms with Gasteiger partial charge in [0.1, 0.15) is 5.41 Å². The van der Waals surface area contributed by atoms with Crippen LogP contribution in [0, 0.1) is 12.3 Å². The van der Waals surface area contributed by atoms with Crippen molar-refractivity contribution >= 4 is 5.97 Å². The van der Waals surface area contributed by atoms with Crippen LogP contribution in [-0.4, -0.2) is 42.8 Å². The van der Waals surface area contributed by atoms with Crippen molar-refractivity contribution in [2.24, 2.45) is 5.41 Å². The smallest absolute Gasteiger partial charge is 0.315 e. The number of aliphatic carboxylic acids is 1. The number of carboxylic acid groups (broad SMARTS) is 1. The molecule has 2 rings (SSSR count). The van der Waals surface area contributed by atoms with Crippen molar-refractivity contribution in [2.45, 2.75) is 13.5 Å². The van der Waals surface area contributed by atoms with Gasteiger partial charge < -0.3 is 14.7 Å². The predicted molar refractivity (Wildman–Crippen MR) is 68.4 cm³/mol. The van der Waals surface area contributed by atoms with Crippen LogP contribution in [0.3, 0.4) is 0 Å². The molecule has 1 N–H and O–H groups in total. The topological polar surface area (TPSA) is 49.8 Å². The Bertz CT molecular complexity index is 423. The van der Waals surface area contributed by atoms with Crippen molar-refractivity contribution in [1.82, 2.24) is 4.90 Å². The normalized spacial score (nSPS) is 17.5. The van der Waals surface area contributed by atoms with Gasteiger partial charge in [-0.3, -0.25) is 4.79 Å². The van der Waals surface area contributed by atoms with Crippen LogP contribution in [0.15, 0.2) is 24.3 Å². The van der Waals surface area contributed by atoms with E-state index in [4.69, 9.17) is 4.74 Å². The van der Waals surface area contributed by atoms with Crippen LogP contribution in [-0.2, 0) is 16.1 Å². The van der Waals surface area contributed by atoms with Crippen LogP contribution in [0.2, 0.25) is 0 Å². The van der Waals surface area contributed by atoms with E-state index in [1.807, 2.05) is 11.9 Å². The molecule has 1 aromatic carbocycles. The maximum absolute atomic E-state index is 11.2. The minimum absolute atomic E-state index is 0.320. The molecule has 1 aliphatic rings. The highest BCUT2D eigenvalue weighted by molar-refractivity contribution is 5.76. The number of ether oxygens (including phenoxy) is 1. The lowest BCUT2D eigenvalue weighted by Crippen LogP contribution is -2.55. The molecular weight excluding hydrogens is 230 g/mol. The number of benzene rings is 1. The molecule has 1 saturated heterocycles. The number of aryl methyl sites for hydroxylation is 1. The Hall–Kier alpha value is -1.39. The van der Waals surface area contributed by atoms with Crippen LogP contribution in [0.4, 0.5) is 0 Å². The van der Waals surface area contributed by atoms with E-state index in [2.05, 4.69) is 31.2 Å². The molecule has 0 atom stereocenters. The van der Waals surface area contributed by atoms with Crippen LogP contribution in [0.25, 0.3) is 0 Å². The van der Waals surface area contributed by atoms with Crippen LogP contribution < -0.4 is 0 Å². The van der Waals surface area contributed by atoms with Crippen molar-refractivity contribution in [3.8, 4) is 0 Å². The Morgan fingerprint density at radius 1 is 1.39 bits per heavy atom. The first-order chi connectivity index (χ1) is 8.52. The average molecular weight is 249 g/mol. The average Bonchev–Trinajstić information content (AvgIpc) is 2.26. The van der Waals surface area contributed by atoms with E-state index >= 15 is 0 Å². The monoisotopic (exact) mass is 249 g/mol. The van der Waals surface area contributed by atoms with E-state index in [1.54, 1.807) is 0 Å². The quantitative estimate of drug-likeness (QED) is 0.859. The third kappa shape index (κ3) is 2.71. The van der Waals surface area contributed by atoms with Crippen molar-refractivity contribution in [3.05, 3.63) is 35.4 Å². The lowest BCUT2D eigenvalue weighted by molar-refractivity contribution is -0.183. The molecule has 1 aromatic rings. The fourth-order valence-electron chi connectivity index (χ4n) is 2.21. The Morgan fingerprint density at radius 3 is 2.44 bits per heavy atom. The van der Waals surface area contributed by atoms with Gasteiger partial charge in [-0.25, -0.2) is 0 Å². The number of nitrogens with zero attached hydrogens (tertiary/aromatic N) is 1. The van der Waals surface area contributed by atoms with Crippen molar-refractivity contribution in [3.63, 3.8) is 0 Å². The van der Waals surface area contributed by atoms with Crippen molar-refractivity contribution in [2.75, 3.05) is 26.8 Å². The van der Waals surface area contributed by atoms with Gasteiger partial charge in [0.05, 0.1) is 13.2 Å². The Balaban J connectivity index is 1.94. The minimum atomic E-state index is -0.760. The maximum Gasteiger partial charge on any atom is 0.315 e. The Labute approximate surface area is 107 Å². The number of carboxylic acids is 1. The van der Waals surface area contributed by atoms with E-state index in [0.717, 1.165) is 6.54 Å². The van der Waals surface area contributed by atoms with Gasteiger partial charge in [-0.2, -0.15) is 0 Å². The highest BCUT2D eigenvalue weighted by Crippen LogP contribution is 2.29. The standard InChI is InChI=1S/C14H19NO3/c1-11-3-5-12(6-4-11)7-15(2)8-14(13(16)17)9-18-10-14/h3-6H,7-10H2,1-2H3,(H,16,17). The second-order valence-corrected chi connectivity index (χ2v) is 5.24. The fourth-order valence-corrected chi connectivity index (χ4v) is 2.21. The summed E-state index contributed by atoms with van der Waals surface area (Å²) in [4.78, 5) is 13.3. The summed E-state index contributed by atoms with van der Waals surface area (Å²) >= 11 is 0. The van der Waals surface area contributed by atoms with Gasteiger partial charge in [-0.05, 0) is 19.5 Å². The molecule has 1 aliphatic heterocycles. The first-order valence-corrected chi connectivity index (χ1v) is 6.07. The molecule has 0 aromatic heterocycles. The highest BCUT2D eigenvalue weighted by Gasteiger charge is 2.46. The van der Waals surface area contributed by atoms with Gasteiger partial charge in [0.15, 0.2) is 0 Å². The van der Waals surface area contributed by atoms with Crippen molar-refractivity contribution in [1.29, 1.82) is 0 Å². The number of carbonyl (C=O) groups is 1. The molecule has 4 heteroatoms. The zero-order chi connectivity index (χ0) is 13.2. The van der Waals surface area contributed by atoms with Gasteiger partial charge in [0, 0.05) is 13.1 Å². The fraction of sp³-hybridized carbons (Fsp3) is 0.500. The molecule has 0 unspecified atom stereocenters. The lowest BCUT2D eigenvalue weighted by Gasteiger charge is -2.40. The first-order valence-electron chi connectivity index (χ1n) is 6.07. The molecule has 1 fully saturated rings. The number of hydrogen-bond acceptors (Lipinski definition) is 3. The molecule has 18 heavy (non-hydrogen) atoms. The summed E-state index contributed by atoms with van der Waals surface area (Å²) in [6.45, 7) is 3.98. The molecule has 0 aliphatic carbocycles. The van der Waals surface area contributed by atoms with Gasteiger partial charge >= 0.3 is 5.97 Å². The molecular formula is C14H19NO3. The largest absolute Gasteiger partial charge is 0.481 e. The Kier molecular flexibility index (Phi) is 3.68. The van der Waals surface area contributed by atoms with Gasteiger partial charge in [-0.1, -0.05) is 29.8 Å². The molecule has 0 radical (unpaired) electrons. The van der Waals surface area contributed by atoms with Crippen LogP contribution in [0.1, 0.15) is 11.1 Å². The molecule has 0 amide bonds. The first kappa shape index (κ1) is 13.1. The van der Waals surface area contributed by atoms with Crippen molar-refractivity contribution < 1.29 is 14.6 Å². The summed E-state index contributed by atoms with van der Waals surface area (Å²) < 4.78 is 5.06. The third-order valence-electron chi connectivity index (χ3n) is 3.36. The predicted octanol–water partition coefficient (Wildman–Crippen LogP) is 1.53. The van der Waals surface area contributed by atoms with Gasteiger partial charge in [0.2, 0.25) is 0 Å². The number of hydrogen-bond donors (Lipinski definition) is 1. The Morgan fingerprint density at radius 2 is 2.00 bits per heavy atom. The zero-order valence-corrected chi connectivity index (χ0v) is 10.8. The summed E-state index contributed by atoms with van der Waals surface area (Å²) in [7, 11) is 1.95. The van der Waals surface area contributed by atoms with Crippen LogP contribution >= 0.6 is 0 Å². The molecule has 0 saturated carbocycles. The summed E-state index contributed by atoms with van der Waals surface area (Å²) in [6, 6.07) is 8.30. The minimum Gasteiger partial charge on any atom is -0.481 e. The number of rotatable bonds is 5. The molecule has 0 spiro atoms. The second-order valence-electron chi connectivity index (χ2n) is 5.24. The van der Waals surface area contributed by atoms with E-state index in [9.17, 15) is 9.90 Å². The van der Waals surface area contributed by atoms with E-state index in [0.29, 0.717) is 19.8 Å². The zero-order valence-electron chi connectivity index (χ0n) is 10.8. The molecule has 0 bridgehead atoms. The molecule has 1 heterocycles. The highest BCUT2D eigenvalue weighted by atomic mass is 16.5. The maximum atomic E-state index is 11.2. The van der Waals surface area contributed by atoms with E-state index in [1.165, 1.54) is 11.1 Å². The third-order valence-corrected chi connectivity index (χ3v) is 3.36. The van der Waals surface area contributed by atoms with E-state index in [-0.39, 0.29) is 0 Å². The summed E-state index contributed by atoms with van der Waals surface area (Å²) in [5, 5.41) is 9.23.